The number of carboxylic acid groups (broad SMARTS) is 1. The maximum absolute atomic E-state index is 14.8. The summed E-state index contributed by atoms with van der Waals surface area (Å²) in [7, 11) is 0. The van der Waals surface area contributed by atoms with Gasteiger partial charge in [0, 0.05) is 40.6 Å². The zero-order chi connectivity index (χ0) is 35.4. The van der Waals surface area contributed by atoms with Gasteiger partial charge in [-0.05, 0) is 66.6 Å². The molecule has 0 bridgehead atoms. The molecule has 0 radical (unpaired) electrons. The zero-order valence-electron chi connectivity index (χ0n) is 29.1. The average molecular weight is 659 g/mol. The molecule has 2 fully saturated rings. The summed E-state index contributed by atoms with van der Waals surface area (Å²) in [4.78, 5) is 52.7. The van der Waals surface area contributed by atoms with Gasteiger partial charge in [0.05, 0.1) is 5.60 Å². The second kappa shape index (κ2) is 10.9. The number of hydrogen-bond donors (Lipinski definition) is 4. The van der Waals surface area contributed by atoms with Crippen LogP contribution in [0.15, 0.2) is 59.7 Å². The van der Waals surface area contributed by atoms with Gasteiger partial charge in [-0.25, -0.2) is 0 Å². The van der Waals surface area contributed by atoms with E-state index in [1.54, 1.807) is 12.2 Å². The largest absolute Gasteiger partial charge is 0.481 e. The molecule has 2 saturated carbocycles. The van der Waals surface area contributed by atoms with Crippen LogP contribution in [0.3, 0.4) is 0 Å². The van der Waals surface area contributed by atoms with Crippen molar-refractivity contribution in [3.63, 3.8) is 0 Å². The number of ketones is 3. The topological polar surface area (TPSA) is 149 Å². The number of benzene rings is 1. The van der Waals surface area contributed by atoms with E-state index in [1.807, 2.05) is 77.1 Å². The Morgan fingerprint density at radius 3 is 2.27 bits per heavy atom. The van der Waals surface area contributed by atoms with Crippen LogP contribution in [0.4, 0.5) is 0 Å². The van der Waals surface area contributed by atoms with E-state index in [4.69, 9.17) is 0 Å². The van der Waals surface area contributed by atoms with E-state index >= 15 is 0 Å². The van der Waals surface area contributed by atoms with E-state index in [9.17, 15) is 39.6 Å². The lowest BCUT2D eigenvalue weighted by Crippen LogP contribution is -2.69. The maximum Gasteiger partial charge on any atom is 0.313 e. The third-order valence-corrected chi connectivity index (χ3v) is 14.1. The molecule has 0 saturated heterocycles. The molecule has 4 N–H and O–H groups in total. The summed E-state index contributed by atoms with van der Waals surface area (Å²) in [5.74, 6) is -5.16. The number of carbonyl (C=O) groups excluding carboxylic acids is 3. The molecule has 0 aliphatic heterocycles. The Bertz CT molecular complexity index is 1670. The Morgan fingerprint density at radius 2 is 1.65 bits per heavy atom. The minimum Gasteiger partial charge on any atom is -0.481 e. The minimum absolute atomic E-state index is 0.0184. The molecule has 8 nitrogen and oxygen atoms in total. The van der Waals surface area contributed by atoms with Crippen LogP contribution in [0.2, 0.25) is 0 Å². The lowest BCUT2D eigenvalue weighted by Gasteiger charge is -2.68. The van der Waals surface area contributed by atoms with E-state index in [0.29, 0.717) is 24.0 Å². The summed E-state index contributed by atoms with van der Waals surface area (Å²) in [6.07, 6.45) is 6.91. The molecule has 0 aromatic heterocycles. The molecule has 8 heteroatoms. The first-order valence-electron chi connectivity index (χ1n) is 17.4. The molecule has 48 heavy (non-hydrogen) atoms. The monoisotopic (exact) mass is 658 g/mol. The third kappa shape index (κ3) is 4.37. The van der Waals surface area contributed by atoms with Crippen molar-refractivity contribution < 1.29 is 39.6 Å². The summed E-state index contributed by atoms with van der Waals surface area (Å²) in [5, 5.41) is 46.2. The molecular formula is C40H50O8. The number of carbonyl (C=O) groups is 4. The van der Waals surface area contributed by atoms with Crippen molar-refractivity contribution in [3.8, 4) is 0 Å². The fourth-order valence-electron chi connectivity index (χ4n) is 11.4. The van der Waals surface area contributed by atoms with Crippen LogP contribution in [-0.4, -0.2) is 61.1 Å². The number of allylic oxidation sites excluding steroid dienone is 1. The molecule has 6 rings (SSSR count). The molecule has 258 valence electrons. The Hall–Kier alpha value is -3.20. The number of aliphatic hydroxyl groups excluding tert-OH is 1. The van der Waals surface area contributed by atoms with Crippen molar-refractivity contribution in [1.82, 2.24) is 0 Å². The van der Waals surface area contributed by atoms with E-state index in [2.05, 4.69) is 6.92 Å². The maximum atomic E-state index is 14.8. The summed E-state index contributed by atoms with van der Waals surface area (Å²) in [6.45, 7) is 13.0. The van der Waals surface area contributed by atoms with Crippen molar-refractivity contribution in [1.29, 1.82) is 0 Å². The van der Waals surface area contributed by atoms with Crippen LogP contribution < -0.4 is 0 Å². The highest BCUT2D eigenvalue weighted by Gasteiger charge is 2.78. The molecular weight excluding hydrogens is 608 g/mol. The molecule has 0 spiro atoms. The average Bonchev–Trinajstić information content (AvgIpc) is 3.20. The number of aliphatic carboxylic acids is 1. The van der Waals surface area contributed by atoms with Gasteiger partial charge < -0.3 is 20.4 Å². The number of Topliss-reactive ketones (excluding diaryl/α,β-unsaturated/α-hetero) is 3. The lowest BCUT2D eigenvalue weighted by molar-refractivity contribution is -0.161. The van der Waals surface area contributed by atoms with Gasteiger partial charge in [0.25, 0.3) is 0 Å². The number of fused-ring (bicyclic) bond motifs is 2. The van der Waals surface area contributed by atoms with Gasteiger partial charge in [0.2, 0.25) is 0 Å². The van der Waals surface area contributed by atoms with Gasteiger partial charge in [-0.2, -0.15) is 0 Å². The highest BCUT2D eigenvalue weighted by Crippen LogP contribution is 2.78. The van der Waals surface area contributed by atoms with Gasteiger partial charge in [0.1, 0.15) is 23.4 Å². The molecule has 0 unspecified atom stereocenters. The fourth-order valence-corrected chi connectivity index (χ4v) is 11.4. The van der Waals surface area contributed by atoms with Crippen molar-refractivity contribution in [2.45, 2.75) is 97.9 Å². The molecule has 1 aromatic rings. The van der Waals surface area contributed by atoms with E-state index < -0.39 is 68.5 Å². The van der Waals surface area contributed by atoms with E-state index in [0.717, 1.165) is 5.56 Å². The molecule has 5 aliphatic carbocycles. The standard InChI is InChI=1S/C40H50O8/c1-22(19-27(41)31(44)23(2)34(45)46)26-20-39(47)17-18-40(48)25(14-13-24-11-9-8-10-12-24)32-35(3,4)29(43)15-16-36(32,5)30-28(42)21-37(26,6)38(39,7)33(30)40/h8-14,17-18,22-23,25-27,32,41,47-48H,15-16,19-21H2,1-7H3,(H,45,46)/t22-,23-,25+,26+,27+,32+,36-,37-,38+,39-,40+/m1/s1. The number of hydrogen-bond acceptors (Lipinski definition) is 7. The van der Waals surface area contributed by atoms with E-state index in [-0.39, 0.29) is 42.7 Å². The second-order valence-electron chi connectivity index (χ2n) is 16.8. The molecule has 0 heterocycles. The highest BCUT2D eigenvalue weighted by atomic mass is 16.4. The van der Waals surface area contributed by atoms with Crippen molar-refractivity contribution in [3.05, 3.63) is 65.3 Å². The third-order valence-electron chi connectivity index (χ3n) is 14.1. The molecule has 5 aliphatic rings. The van der Waals surface area contributed by atoms with Gasteiger partial charge in [-0.1, -0.05) is 90.1 Å². The van der Waals surface area contributed by atoms with Gasteiger partial charge in [0.15, 0.2) is 11.6 Å². The molecule has 11 atom stereocenters. The molecule has 0 amide bonds. The number of carboxylic acids is 1. The predicted octanol–water partition coefficient (Wildman–Crippen LogP) is 5.35. The zero-order valence-corrected chi connectivity index (χ0v) is 29.1. The smallest absolute Gasteiger partial charge is 0.313 e. The first-order chi connectivity index (χ1) is 22.2. The summed E-state index contributed by atoms with van der Waals surface area (Å²) >= 11 is 0. The van der Waals surface area contributed by atoms with Gasteiger partial charge in [-0.3, -0.25) is 19.2 Å². The SMILES string of the molecule is C[C@@H](C(=O)O)C(=O)[C@@H](O)C[C@@H](C)[C@@H]1C[C@]2(O)C=C[C@@]3(O)C4=C(C(=O)C[C@@]1(C)[C@]42C)[C@@]1(C)CCC(=O)C(C)(C)[C@@H]1[C@@H]3C=Cc1ccccc1. The summed E-state index contributed by atoms with van der Waals surface area (Å²) < 4.78 is 0. The Balaban J connectivity index is 1.53. The summed E-state index contributed by atoms with van der Waals surface area (Å²) in [6, 6.07) is 9.76. The van der Waals surface area contributed by atoms with Crippen LogP contribution in [0, 0.1) is 51.2 Å². The van der Waals surface area contributed by atoms with Crippen molar-refractivity contribution >= 4 is 29.4 Å². The van der Waals surface area contributed by atoms with Crippen molar-refractivity contribution in [2.75, 3.05) is 0 Å². The van der Waals surface area contributed by atoms with Crippen LogP contribution in [0.5, 0.6) is 0 Å². The Labute approximate surface area is 283 Å². The van der Waals surface area contributed by atoms with Gasteiger partial charge >= 0.3 is 5.97 Å². The second-order valence-corrected chi connectivity index (χ2v) is 16.8. The Morgan fingerprint density at radius 1 is 1.00 bits per heavy atom. The van der Waals surface area contributed by atoms with Gasteiger partial charge in [-0.15, -0.1) is 0 Å². The van der Waals surface area contributed by atoms with Crippen LogP contribution in [0.1, 0.15) is 86.1 Å². The lowest BCUT2D eigenvalue weighted by atomic mass is 9.36. The van der Waals surface area contributed by atoms with E-state index in [1.165, 1.54) is 6.92 Å². The van der Waals surface area contributed by atoms with Crippen LogP contribution >= 0.6 is 0 Å². The quantitative estimate of drug-likeness (QED) is 0.216. The first kappa shape index (κ1) is 34.7. The fraction of sp³-hybridized carbons (Fsp3) is 0.600. The normalized spacial score (nSPS) is 41.5. The van der Waals surface area contributed by atoms with Crippen molar-refractivity contribution in [2.24, 2.45) is 51.2 Å². The predicted molar refractivity (Wildman–Crippen MR) is 180 cm³/mol. The first-order valence-corrected chi connectivity index (χ1v) is 17.4. The highest BCUT2D eigenvalue weighted by molar-refractivity contribution is 6.02. The minimum atomic E-state index is -1.68. The Kier molecular flexibility index (Phi) is 7.87. The summed E-state index contributed by atoms with van der Waals surface area (Å²) in [5.41, 5.74) is -4.69. The molecule has 1 aromatic carbocycles. The number of rotatable bonds is 8. The number of aliphatic hydroxyl groups is 3. The van der Waals surface area contributed by atoms with Crippen LogP contribution in [0.25, 0.3) is 6.08 Å². The van der Waals surface area contributed by atoms with Crippen LogP contribution in [-0.2, 0) is 19.2 Å².